The number of nitrogens with two attached hydrogens (primary N) is 1. The lowest BCUT2D eigenvalue weighted by atomic mass is 9.81. The maximum Gasteiger partial charge on any atom is 0.243 e. The van der Waals surface area contributed by atoms with Gasteiger partial charge in [0.25, 0.3) is 0 Å². The minimum Gasteiger partial charge on any atom is -0.359 e. The number of aliphatic imine (C=N–C) groups is 1. The van der Waals surface area contributed by atoms with Gasteiger partial charge in [0.05, 0.1) is 38.0 Å². The van der Waals surface area contributed by atoms with Gasteiger partial charge in [0.1, 0.15) is 25.0 Å². The molecule has 3 rings (SSSR count). The predicted molar refractivity (Wildman–Crippen MR) is 183 cm³/mol. The Balaban J connectivity index is 1.33. The molecule has 2 aromatic rings. The Morgan fingerprint density at radius 3 is 2.40 bits per heavy atom. The van der Waals surface area contributed by atoms with E-state index in [0.29, 0.717) is 35.2 Å². The molecule has 2 atom stereocenters. The molecule has 0 radical (unpaired) electrons. The maximum absolute atomic E-state index is 14.3. The first-order chi connectivity index (χ1) is 23.9. The minimum atomic E-state index is -1.02. The SMILES string of the molecule is C=Nc1cc(F)c(C)c2c1C(=C)[C@@H](NC(=O)CC(=O)NCCOCNC(=O)CNC(=O)[C@H](Cc1ccccc1)NC(=O)CNC(=O)CN)CC2. The molecule has 6 amide bonds. The highest BCUT2D eigenvalue weighted by Gasteiger charge is 2.29. The Labute approximate surface area is 289 Å². The van der Waals surface area contributed by atoms with Crippen molar-refractivity contribution in [2.24, 2.45) is 10.7 Å². The molecule has 1 aliphatic carbocycles. The molecule has 0 bridgehead atoms. The quantitative estimate of drug-likeness (QED) is 0.0462. The second kappa shape index (κ2) is 19.5. The van der Waals surface area contributed by atoms with Crippen LogP contribution in [0.2, 0.25) is 0 Å². The van der Waals surface area contributed by atoms with E-state index in [0.717, 1.165) is 11.1 Å². The zero-order valence-corrected chi connectivity index (χ0v) is 27.9. The molecule has 1 aliphatic rings. The molecule has 0 unspecified atom stereocenters. The number of rotatable bonds is 18. The first-order valence-corrected chi connectivity index (χ1v) is 15.9. The highest BCUT2D eigenvalue weighted by atomic mass is 19.1. The number of ether oxygens (including phenoxy) is 1. The van der Waals surface area contributed by atoms with Crippen LogP contribution in [0.1, 0.15) is 35.1 Å². The summed E-state index contributed by atoms with van der Waals surface area (Å²) in [6.07, 6.45) is 0.700. The van der Waals surface area contributed by atoms with Crippen molar-refractivity contribution in [2.45, 2.75) is 44.7 Å². The van der Waals surface area contributed by atoms with Gasteiger partial charge >= 0.3 is 0 Å². The molecule has 50 heavy (non-hydrogen) atoms. The summed E-state index contributed by atoms with van der Waals surface area (Å²) in [5.74, 6) is -3.75. The van der Waals surface area contributed by atoms with E-state index >= 15 is 0 Å². The van der Waals surface area contributed by atoms with E-state index in [1.807, 2.05) is 0 Å². The predicted octanol–water partition coefficient (Wildman–Crippen LogP) is -0.574. The minimum absolute atomic E-state index is 0.0231. The fourth-order valence-electron chi connectivity index (χ4n) is 5.21. The standard InChI is InChI=1S/C34H43FN8O7/c1-20-23-9-10-25(21(2)33(23)26(37-3)14-24(20)35)42-29(45)15-28(44)38-11-12-50-19-41-31(47)17-40-34(49)27(13-22-7-5-4-6-8-22)43-32(48)18-39-30(46)16-36/h4-8,14,25,27H,2-3,9-13,15-19,36H2,1H3,(H,38,44)(H,39,46)(H,40,49)(H,41,47)(H,42,45)(H,43,48)/t25-,27-/m0/s1. The molecule has 268 valence electrons. The van der Waals surface area contributed by atoms with Crippen molar-refractivity contribution in [1.82, 2.24) is 31.9 Å². The second-order valence-corrected chi connectivity index (χ2v) is 11.4. The lowest BCUT2D eigenvalue weighted by Gasteiger charge is -2.30. The van der Waals surface area contributed by atoms with Crippen LogP contribution in [0.5, 0.6) is 0 Å². The first-order valence-electron chi connectivity index (χ1n) is 15.9. The Morgan fingerprint density at radius 2 is 1.70 bits per heavy atom. The van der Waals surface area contributed by atoms with Crippen LogP contribution in [0, 0.1) is 12.7 Å². The Hall–Kier alpha value is -5.48. The van der Waals surface area contributed by atoms with E-state index in [4.69, 9.17) is 10.5 Å². The molecule has 0 spiro atoms. The summed E-state index contributed by atoms with van der Waals surface area (Å²) in [4.78, 5) is 77.5. The van der Waals surface area contributed by atoms with Gasteiger partial charge in [0.15, 0.2) is 0 Å². The summed E-state index contributed by atoms with van der Waals surface area (Å²) in [6.45, 7) is 8.08. The number of carbonyl (C=O) groups is 6. The molecule has 16 heteroatoms. The number of hydrogen-bond acceptors (Lipinski definition) is 9. The number of benzene rings is 2. The van der Waals surface area contributed by atoms with Gasteiger partial charge in [-0.05, 0) is 48.7 Å². The molecule has 0 saturated carbocycles. The van der Waals surface area contributed by atoms with E-state index in [-0.39, 0.29) is 45.2 Å². The summed E-state index contributed by atoms with van der Waals surface area (Å²) in [6, 6.07) is 8.74. The molecular weight excluding hydrogens is 651 g/mol. The van der Waals surface area contributed by atoms with Crippen molar-refractivity contribution in [3.63, 3.8) is 0 Å². The average molecular weight is 695 g/mol. The summed E-state index contributed by atoms with van der Waals surface area (Å²) >= 11 is 0. The van der Waals surface area contributed by atoms with Crippen LogP contribution < -0.4 is 37.6 Å². The zero-order chi connectivity index (χ0) is 36.6. The van der Waals surface area contributed by atoms with Crippen LogP contribution in [0.15, 0.2) is 48.0 Å². The topological polar surface area (TPSA) is 222 Å². The summed E-state index contributed by atoms with van der Waals surface area (Å²) in [5.41, 5.74) is 8.86. The van der Waals surface area contributed by atoms with Crippen molar-refractivity contribution in [1.29, 1.82) is 0 Å². The Bertz CT molecular complexity index is 1600. The Kier molecular flexibility index (Phi) is 15.2. The molecule has 15 nitrogen and oxygen atoms in total. The molecule has 2 aromatic carbocycles. The van der Waals surface area contributed by atoms with Gasteiger partial charge < -0.3 is 42.4 Å². The molecule has 0 aliphatic heterocycles. The zero-order valence-electron chi connectivity index (χ0n) is 27.9. The number of fused-ring (bicyclic) bond motifs is 1. The van der Waals surface area contributed by atoms with Gasteiger partial charge in [-0.25, -0.2) is 4.39 Å². The van der Waals surface area contributed by atoms with Crippen LogP contribution in [-0.4, -0.2) is 93.8 Å². The van der Waals surface area contributed by atoms with Crippen molar-refractivity contribution >= 4 is 53.4 Å². The van der Waals surface area contributed by atoms with Gasteiger partial charge in [-0.3, -0.25) is 33.8 Å². The van der Waals surface area contributed by atoms with Crippen LogP contribution in [0.4, 0.5) is 10.1 Å². The van der Waals surface area contributed by atoms with E-state index in [2.05, 4.69) is 50.2 Å². The third-order valence-electron chi connectivity index (χ3n) is 7.81. The third-order valence-corrected chi connectivity index (χ3v) is 7.81. The largest absolute Gasteiger partial charge is 0.359 e. The van der Waals surface area contributed by atoms with Gasteiger partial charge in [0, 0.05) is 24.6 Å². The summed E-state index contributed by atoms with van der Waals surface area (Å²) in [5, 5.41) is 15.2. The molecule has 0 fully saturated rings. The van der Waals surface area contributed by atoms with Gasteiger partial charge in [-0.2, -0.15) is 0 Å². The van der Waals surface area contributed by atoms with E-state index in [1.165, 1.54) is 6.07 Å². The molecule has 0 heterocycles. The summed E-state index contributed by atoms with van der Waals surface area (Å²) in [7, 11) is 0. The lowest BCUT2D eigenvalue weighted by molar-refractivity contribution is -0.131. The van der Waals surface area contributed by atoms with Crippen LogP contribution in [0.3, 0.4) is 0 Å². The maximum atomic E-state index is 14.3. The third kappa shape index (κ3) is 11.9. The highest BCUT2D eigenvalue weighted by molar-refractivity contribution is 5.98. The summed E-state index contributed by atoms with van der Waals surface area (Å²) < 4.78 is 19.6. The fraction of sp³-hybridized carbons (Fsp3) is 0.382. The second-order valence-electron chi connectivity index (χ2n) is 11.4. The smallest absolute Gasteiger partial charge is 0.243 e. The number of halogens is 1. The van der Waals surface area contributed by atoms with Crippen molar-refractivity contribution in [3.05, 3.63) is 71.0 Å². The van der Waals surface area contributed by atoms with Gasteiger partial charge in [-0.1, -0.05) is 36.9 Å². The van der Waals surface area contributed by atoms with Gasteiger partial charge in [0.2, 0.25) is 35.4 Å². The first kappa shape index (κ1) is 39.0. The monoisotopic (exact) mass is 694 g/mol. The number of amides is 6. The van der Waals surface area contributed by atoms with Crippen LogP contribution in [0.25, 0.3) is 5.57 Å². The number of hydrogen-bond donors (Lipinski definition) is 7. The molecule has 0 saturated heterocycles. The molecule has 0 aromatic heterocycles. The molecular formula is C34H43FN8O7. The number of carbonyl (C=O) groups excluding carboxylic acids is 6. The normalized spacial score (nSPS) is 14.0. The highest BCUT2D eigenvalue weighted by Crippen LogP contribution is 2.39. The lowest BCUT2D eigenvalue weighted by Crippen LogP contribution is -2.52. The fourth-order valence-corrected chi connectivity index (χ4v) is 5.21. The van der Waals surface area contributed by atoms with E-state index < -0.39 is 60.5 Å². The van der Waals surface area contributed by atoms with Crippen LogP contribution in [-0.2, 0) is 46.3 Å². The van der Waals surface area contributed by atoms with Crippen LogP contribution >= 0.6 is 0 Å². The van der Waals surface area contributed by atoms with E-state index in [9.17, 15) is 33.2 Å². The van der Waals surface area contributed by atoms with Crippen molar-refractivity contribution in [3.8, 4) is 0 Å². The molecule has 8 N–H and O–H groups in total. The Morgan fingerprint density at radius 1 is 0.980 bits per heavy atom. The van der Waals surface area contributed by atoms with Gasteiger partial charge in [-0.15, -0.1) is 0 Å². The van der Waals surface area contributed by atoms with E-state index in [1.54, 1.807) is 37.3 Å². The number of nitrogens with one attached hydrogen (secondary N) is 6. The van der Waals surface area contributed by atoms with Crippen molar-refractivity contribution in [2.75, 3.05) is 39.5 Å². The average Bonchev–Trinajstić information content (AvgIpc) is 3.10. The van der Waals surface area contributed by atoms with Crippen molar-refractivity contribution < 1.29 is 37.9 Å². The number of nitrogens with zero attached hydrogens (tertiary/aromatic N) is 1.